The zero-order chi connectivity index (χ0) is 18.0. The van der Waals surface area contributed by atoms with Gasteiger partial charge in [-0.1, -0.05) is 24.2 Å². The summed E-state index contributed by atoms with van der Waals surface area (Å²) in [6.07, 6.45) is 0.774. The van der Waals surface area contributed by atoms with Crippen molar-refractivity contribution in [2.45, 2.75) is 31.4 Å². The fourth-order valence-electron chi connectivity index (χ4n) is 2.58. The maximum atomic E-state index is 13.1. The smallest absolute Gasteiger partial charge is 0.273 e. The van der Waals surface area contributed by atoms with E-state index in [4.69, 9.17) is 4.52 Å². The first-order valence-corrected chi connectivity index (χ1v) is 10.4. The monoisotopic (exact) mass is 376 g/mol. The predicted octanol–water partition coefficient (Wildman–Crippen LogP) is 4.49. The molecule has 2 aromatic heterocycles. The molecule has 0 aliphatic heterocycles. The van der Waals surface area contributed by atoms with Gasteiger partial charge >= 0.3 is 0 Å². The van der Waals surface area contributed by atoms with E-state index in [2.05, 4.69) is 5.16 Å². The van der Waals surface area contributed by atoms with Crippen molar-refractivity contribution in [3.63, 3.8) is 0 Å². The molecule has 0 amide bonds. The fraction of sp³-hybridized carbons (Fsp3) is 0.278. The topological polar surface area (TPSA) is 63.4 Å². The highest BCUT2D eigenvalue weighted by molar-refractivity contribution is 7.94. The lowest BCUT2D eigenvalue weighted by molar-refractivity contribution is 0.424. The van der Waals surface area contributed by atoms with Crippen molar-refractivity contribution in [2.75, 3.05) is 10.8 Å². The Hall–Kier alpha value is -2.12. The third kappa shape index (κ3) is 3.48. The molecule has 5 nitrogen and oxygen atoms in total. The standard InChI is InChI=1S/C18H20N2O3S2/c1-4-15-11-17(23-19-15)14-10-18(24-12-14)25(21,22)20(5-2)16-8-6-7-13(3)9-16/h6-12H,4-5H2,1-3H3. The summed E-state index contributed by atoms with van der Waals surface area (Å²) in [5, 5.41) is 5.75. The summed E-state index contributed by atoms with van der Waals surface area (Å²) in [5.41, 5.74) is 3.27. The quantitative estimate of drug-likeness (QED) is 0.636. The van der Waals surface area contributed by atoms with Gasteiger partial charge in [0.1, 0.15) is 4.21 Å². The lowest BCUT2D eigenvalue weighted by Crippen LogP contribution is -2.30. The van der Waals surface area contributed by atoms with Crippen molar-refractivity contribution in [2.24, 2.45) is 0 Å². The van der Waals surface area contributed by atoms with Gasteiger partial charge in [0.2, 0.25) is 0 Å². The van der Waals surface area contributed by atoms with Gasteiger partial charge in [0.05, 0.1) is 11.4 Å². The van der Waals surface area contributed by atoms with Crippen LogP contribution in [0.1, 0.15) is 25.1 Å². The number of rotatable bonds is 6. The summed E-state index contributed by atoms with van der Waals surface area (Å²) in [5.74, 6) is 0.591. The minimum absolute atomic E-state index is 0.292. The Morgan fingerprint density at radius 2 is 2.00 bits per heavy atom. The molecule has 0 spiro atoms. The van der Waals surface area contributed by atoms with Crippen LogP contribution >= 0.6 is 11.3 Å². The van der Waals surface area contributed by atoms with Crippen LogP contribution in [0.3, 0.4) is 0 Å². The highest BCUT2D eigenvalue weighted by Gasteiger charge is 2.26. The van der Waals surface area contributed by atoms with E-state index < -0.39 is 10.0 Å². The van der Waals surface area contributed by atoms with E-state index in [0.29, 0.717) is 22.2 Å². The second-order valence-electron chi connectivity index (χ2n) is 5.70. The zero-order valence-corrected chi connectivity index (χ0v) is 16.0. The van der Waals surface area contributed by atoms with Crippen LogP contribution in [0.2, 0.25) is 0 Å². The van der Waals surface area contributed by atoms with Crippen LogP contribution in [0.15, 0.2) is 50.5 Å². The van der Waals surface area contributed by atoms with Crippen molar-refractivity contribution < 1.29 is 12.9 Å². The van der Waals surface area contributed by atoms with E-state index in [9.17, 15) is 8.42 Å². The third-order valence-corrected chi connectivity index (χ3v) is 7.22. The van der Waals surface area contributed by atoms with Gasteiger partial charge in [0, 0.05) is 23.6 Å². The van der Waals surface area contributed by atoms with Crippen molar-refractivity contribution in [3.05, 3.63) is 53.0 Å². The van der Waals surface area contributed by atoms with Gasteiger partial charge in [0.15, 0.2) is 5.76 Å². The number of hydrogen-bond donors (Lipinski definition) is 0. The molecule has 0 aliphatic carbocycles. The molecule has 0 unspecified atom stereocenters. The van der Waals surface area contributed by atoms with Crippen LogP contribution < -0.4 is 4.31 Å². The van der Waals surface area contributed by atoms with E-state index in [1.165, 1.54) is 15.6 Å². The molecule has 132 valence electrons. The van der Waals surface area contributed by atoms with Crippen LogP contribution in [0.4, 0.5) is 5.69 Å². The van der Waals surface area contributed by atoms with Gasteiger partial charge < -0.3 is 4.52 Å². The summed E-state index contributed by atoms with van der Waals surface area (Å²) < 4.78 is 33.2. The minimum atomic E-state index is -3.62. The molecule has 0 bridgehead atoms. The number of aromatic nitrogens is 1. The maximum Gasteiger partial charge on any atom is 0.273 e. The SMILES string of the molecule is CCc1cc(-c2csc(S(=O)(=O)N(CC)c3cccc(C)c3)c2)on1. The minimum Gasteiger partial charge on any atom is -0.356 e. The van der Waals surface area contributed by atoms with Crippen LogP contribution in [0, 0.1) is 6.92 Å². The highest BCUT2D eigenvalue weighted by Crippen LogP contribution is 2.32. The van der Waals surface area contributed by atoms with E-state index in [-0.39, 0.29) is 0 Å². The number of benzene rings is 1. The van der Waals surface area contributed by atoms with E-state index in [0.717, 1.165) is 23.2 Å². The molecule has 0 atom stereocenters. The van der Waals surface area contributed by atoms with Gasteiger partial charge in [-0.3, -0.25) is 4.31 Å². The summed E-state index contributed by atoms with van der Waals surface area (Å²) in [7, 11) is -3.62. The number of aryl methyl sites for hydroxylation is 2. The Kier molecular flexibility index (Phi) is 4.96. The van der Waals surface area contributed by atoms with Gasteiger partial charge in [-0.2, -0.15) is 0 Å². The molecule has 0 fully saturated rings. The summed E-state index contributed by atoms with van der Waals surface area (Å²) in [6.45, 7) is 6.13. The van der Waals surface area contributed by atoms with Gasteiger partial charge in [-0.25, -0.2) is 8.42 Å². The largest absolute Gasteiger partial charge is 0.356 e. The molecule has 0 N–H and O–H groups in total. The molecule has 25 heavy (non-hydrogen) atoms. The van der Waals surface area contributed by atoms with E-state index >= 15 is 0 Å². The second-order valence-corrected chi connectivity index (χ2v) is 8.70. The van der Waals surface area contributed by atoms with Crippen molar-refractivity contribution >= 4 is 27.0 Å². The molecule has 3 aromatic rings. The summed E-state index contributed by atoms with van der Waals surface area (Å²) in [6, 6.07) is 11.0. The van der Waals surface area contributed by atoms with Crippen LogP contribution in [-0.4, -0.2) is 20.1 Å². The van der Waals surface area contributed by atoms with Crippen molar-refractivity contribution in [3.8, 4) is 11.3 Å². The average Bonchev–Trinajstić information content (AvgIpc) is 3.24. The zero-order valence-electron chi connectivity index (χ0n) is 14.4. The maximum absolute atomic E-state index is 13.1. The first kappa shape index (κ1) is 17.7. The van der Waals surface area contributed by atoms with Crippen LogP contribution in [-0.2, 0) is 16.4 Å². The molecular formula is C18H20N2O3S2. The molecule has 3 rings (SSSR count). The van der Waals surface area contributed by atoms with Gasteiger partial charge in [-0.15, -0.1) is 11.3 Å². The van der Waals surface area contributed by atoms with Crippen LogP contribution in [0.25, 0.3) is 11.3 Å². The molecule has 2 heterocycles. The predicted molar refractivity (Wildman–Crippen MR) is 101 cm³/mol. The van der Waals surface area contributed by atoms with Crippen molar-refractivity contribution in [1.29, 1.82) is 0 Å². The molecule has 1 aromatic carbocycles. The third-order valence-electron chi connectivity index (χ3n) is 3.90. The fourth-order valence-corrected chi connectivity index (χ4v) is 5.33. The molecule has 7 heteroatoms. The average molecular weight is 377 g/mol. The van der Waals surface area contributed by atoms with Gasteiger partial charge in [-0.05, 0) is 44.0 Å². The Morgan fingerprint density at radius 3 is 2.64 bits per heavy atom. The Balaban J connectivity index is 1.96. The highest BCUT2D eigenvalue weighted by atomic mass is 32.2. The Morgan fingerprint density at radius 1 is 1.20 bits per heavy atom. The first-order chi connectivity index (χ1) is 12.0. The summed E-state index contributed by atoms with van der Waals surface area (Å²) in [4.78, 5) is 0. The molecule has 0 saturated carbocycles. The number of hydrogen-bond acceptors (Lipinski definition) is 5. The second kappa shape index (κ2) is 7.01. The van der Waals surface area contributed by atoms with Gasteiger partial charge in [0.25, 0.3) is 10.0 Å². The molecular weight excluding hydrogens is 356 g/mol. The van der Waals surface area contributed by atoms with Crippen LogP contribution in [0.5, 0.6) is 0 Å². The number of nitrogens with zero attached hydrogens (tertiary/aromatic N) is 2. The molecule has 0 saturated heterocycles. The Labute approximate surface area is 151 Å². The normalized spacial score (nSPS) is 11.6. The van der Waals surface area contributed by atoms with Crippen molar-refractivity contribution in [1.82, 2.24) is 5.16 Å². The first-order valence-electron chi connectivity index (χ1n) is 8.09. The Bertz CT molecular complexity index is 974. The summed E-state index contributed by atoms with van der Waals surface area (Å²) >= 11 is 1.19. The lowest BCUT2D eigenvalue weighted by Gasteiger charge is -2.22. The molecule has 0 aliphatic rings. The lowest BCUT2D eigenvalue weighted by atomic mass is 10.2. The number of thiophene rings is 1. The number of sulfonamides is 1. The molecule has 0 radical (unpaired) electrons. The van der Waals surface area contributed by atoms with E-state index in [1.54, 1.807) is 11.4 Å². The van der Waals surface area contributed by atoms with E-state index in [1.807, 2.05) is 51.1 Å². The number of anilines is 1.